The molecule has 4 aliphatic rings. The van der Waals surface area contributed by atoms with Crippen LogP contribution in [0.4, 0.5) is 0 Å². The molecular weight excluding hydrogens is 707 g/mol. The summed E-state index contributed by atoms with van der Waals surface area (Å²) < 4.78 is 2.66. The van der Waals surface area contributed by atoms with Gasteiger partial charge in [-0.25, -0.2) is 4.99 Å². The van der Waals surface area contributed by atoms with Gasteiger partial charge in [-0.3, -0.25) is 4.99 Å². The summed E-state index contributed by atoms with van der Waals surface area (Å²) in [6, 6.07) is 52.7. The van der Waals surface area contributed by atoms with Crippen LogP contribution in [0.15, 0.2) is 184 Å². The zero-order valence-corrected chi connectivity index (χ0v) is 32.1. The van der Waals surface area contributed by atoms with Crippen molar-refractivity contribution in [1.82, 2.24) is 5.32 Å². The van der Waals surface area contributed by atoms with Gasteiger partial charge >= 0.3 is 0 Å². The van der Waals surface area contributed by atoms with E-state index in [1.54, 1.807) is 0 Å². The smallest absolute Gasteiger partial charge is 0.155 e. The molecule has 6 aromatic carbocycles. The van der Waals surface area contributed by atoms with E-state index in [2.05, 4.69) is 170 Å². The second-order valence-electron chi connectivity index (χ2n) is 15.0. The molecule has 11 rings (SSSR count). The Morgan fingerprint density at radius 1 is 0.673 bits per heavy atom. The number of hydrogen-bond acceptors (Lipinski definition) is 5. The molecule has 1 unspecified atom stereocenters. The standard InChI is InChI=1S/C50H37N3S2/c1-50-41-22-8-10-24-45(41)55-48(50)40-19-6-5-18-38(40)46(53-50)32-27-25-31(26-28-32)42-30-43(52-49(51-42)33-13-3-2-4-14-33)35-16-11-15-34(29-35)36-20-12-21-39-37-17-7-9-23-44(37)54-47(36)39/h2-25,27,29,43,53H,26,28,30H2,1H3/t43?,50-/m0/s1. The highest BCUT2D eigenvalue weighted by Crippen LogP contribution is 2.53. The van der Waals surface area contributed by atoms with Crippen LogP contribution in [0, 0.1) is 0 Å². The summed E-state index contributed by atoms with van der Waals surface area (Å²) >= 11 is 3.79. The first kappa shape index (κ1) is 32.7. The number of fused-ring (bicyclic) bond motifs is 7. The van der Waals surface area contributed by atoms with Gasteiger partial charge in [0, 0.05) is 58.6 Å². The van der Waals surface area contributed by atoms with Crippen molar-refractivity contribution in [2.75, 3.05) is 0 Å². The second kappa shape index (κ2) is 12.9. The lowest BCUT2D eigenvalue weighted by Gasteiger charge is -2.35. The molecule has 2 atom stereocenters. The quantitative estimate of drug-likeness (QED) is 0.191. The number of nitrogens with one attached hydrogen (secondary N) is 1. The van der Waals surface area contributed by atoms with Crippen LogP contribution in [-0.4, -0.2) is 11.5 Å². The van der Waals surface area contributed by atoms with Gasteiger partial charge in [-0.1, -0.05) is 151 Å². The Bertz CT molecular complexity index is 2980. The van der Waals surface area contributed by atoms with Gasteiger partial charge in [-0.2, -0.15) is 0 Å². The first-order valence-electron chi connectivity index (χ1n) is 19.1. The number of nitrogens with zero attached hydrogens (tertiary/aromatic N) is 2. The predicted octanol–water partition coefficient (Wildman–Crippen LogP) is 11.2. The van der Waals surface area contributed by atoms with Gasteiger partial charge in [0.25, 0.3) is 0 Å². The van der Waals surface area contributed by atoms with Crippen molar-refractivity contribution < 1.29 is 0 Å². The Kier molecular flexibility index (Phi) is 7.68. The van der Waals surface area contributed by atoms with E-state index in [9.17, 15) is 0 Å². The molecule has 3 nitrogen and oxygen atoms in total. The van der Waals surface area contributed by atoms with Crippen LogP contribution in [0.2, 0.25) is 0 Å². The van der Waals surface area contributed by atoms with Crippen LogP contribution in [-0.2, 0) is 5.54 Å². The summed E-state index contributed by atoms with van der Waals surface area (Å²) in [5.74, 6) is 0.810. The van der Waals surface area contributed by atoms with E-state index in [-0.39, 0.29) is 11.6 Å². The molecule has 1 aliphatic carbocycles. The average Bonchev–Trinajstić information content (AvgIpc) is 3.79. The number of rotatable bonds is 5. The fourth-order valence-corrected chi connectivity index (χ4v) is 11.5. The lowest BCUT2D eigenvalue weighted by molar-refractivity contribution is 0.555. The lowest BCUT2D eigenvalue weighted by Crippen LogP contribution is -2.50. The predicted molar refractivity (Wildman–Crippen MR) is 233 cm³/mol. The van der Waals surface area contributed by atoms with Crippen molar-refractivity contribution in [3.8, 4) is 11.1 Å². The number of benzene rings is 6. The van der Waals surface area contributed by atoms with Crippen LogP contribution in [0.1, 0.15) is 48.9 Å². The van der Waals surface area contributed by atoms with E-state index >= 15 is 0 Å². The molecule has 0 saturated carbocycles. The fourth-order valence-electron chi connectivity index (χ4n) is 8.90. The zero-order chi connectivity index (χ0) is 36.5. The molecule has 4 heterocycles. The highest BCUT2D eigenvalue weighted by Gasteiger charge is 2.43. The minimum absolute atomic E-state index is 0.0364. The molecule has 1 N–H and O–H groups in total. The third kappa shape index (κ3) is 5.40. The van der Waals surface area contributed by atoms with Crippen molar-refractivity contribution in [3.63, 3.8) is 0 Å². The number of amidine groups is 1. The van der Waals surface area contributed by atoms with Gasteiger partial charge in [0.15, 0.2) is 5.84 Å². The van der Waals surface area contributed by atoms with Gasteiger partial charge < -0.3 is 5.32 Å². The molecule has 5 heteroatoms. The number of thiophene rings is 1. The fraction of sp³-hybridized carbons (Fsp3) is 0.120. The number of allylic oxidation sites excluding steroid dienone is 3. The maximum absolute atomic E-state index is 5.34. The molecule has 0 spiro atoms. The summed E-state index contributed by atoms with van der Waals surface area (Å²) in [5.41, 5.74) is 10.9. The normalized spacial score (nSPS) is 20.2. The molecule has 0 fully saturated rings. The average molecular weight is 744 g/mol. The van der Waals surface area contributed by atoms with Crippen LogP contribution in [0.5, 0.6) is 0 Å². The maximum Gasteiger partial charge on any atom is 0.155 e. The minimum atomic E-state index is -0.255. The molecule has 0 amide bonds. The number of hydrogen-bond donors (Lipinski definition) is 1. The van der Waals surface area contributed by atoms with Crippen molar-refractivity contribution in [1.29, 1.82) is 0 Å². The Morgan fingerprint density at radius 2 is 1.40 bits per heavy atom. The van der Waals surface area contributed by atoms with Gasteiger partial charge in [0.1, 0.15) is 0 Å². The Labute approximate surface area is 328 Å². The van der Waals surface area contributed by atoms with Gasteiger partial charge in [-0.15, -0.1) is 11.3 Å². The van der Waals surface area contributed by atoms with Crippen LogP contribution >= 0.6 is 23.1 Å². The Balaban J connectivity index is 0.964. The topological polar surface area (TPSA) is 36.8 Å². The van der Waals surface area contributed by atoms with Crippen molar-refractivity contribution >= 4 is 65.4 Å². The molecule has 0 saturated heterocycles. The summed E-state index contributed by atoms with van der Waals surface area (Å²) in [6.07, 6.45) is 7.32. The van der Waals surface area contributed by atoms with Crippen molar-refractivity contribution in [3.05, 3.63) is 196 Å². The second-order valence-corrected chi connectivity index (χ2v) is 17.1. The molecule has 1 aromatic heterocycles. The molecule has 55 heavy (non-hydrogen) atoms. The third-order valence-electron chi connectivity index (χ3n) is 11.7. The minimum Gasteiger partial charge on any atom is -0.371 e. The largest absolute Gasteiger partial charge is 0.371 e. The first-order valence-corrected chi connectivity index (χ1v) is 20.8. The molecule has 7 aromatic rings. The first-order chi connectivity index (χ1) is 27.1. The van der Waals surface area contributed by atoms with Crippen LogP contribution in [0.3, 0.4) is 0 Å². The van der Waals surface area contributed by atoms with E-state index in [1.807, 2.05) is 23.1 Å². The summed E-state index contributed by atoms with van der Waals surface area (Å²) in [7, 11) is 0. The monoisotopic (exact) mass is 743 g/mol. The molecule has 0 radical (unpaired) electrons. The van der Waals surface area contributed by atoms with Crippen LogP contribution < -0.4 is 15.8 Å². The van der Waals surface area contributed by atoms with E-state index < -0.39 is 0 Å². The van der Waals surface area contributed by atoms with E-state index in [0.29, 0.717) is 0 Å². The summed E-state index contributed by atoms with van der Waals surface area (Å²) in [4.78, 5) is 13.4. The van der Waals surface area contributed by atoms with Crippen molar-refractivity contribution in [2.45, 2.75) is 42.7 Å². The highest BCUT2D eigenvalue weighted by atomic mass is 32.2. The molecule has 3 aliphatic heterocycles. The van der Waals surface area contributed by atoms with E-state index in [1.165, 1.54) is 79.5 Å². The lowest BCUT2D eigenvalue weighted by atomic mass is 9.84. The van der Waals surface area contributed by atoms with Crippen molar-refractivity contribution in [2.24, 2.45) is 9.98 Å². The maximum atomic E-state index is 5.34. The Hall–Kier alpha value is -5.75. The highest BCUT2D eigenvalue weighted by molar-refractivity contribution is 8.08. The Morgan fingerprint density at radius 3 is 2.29 bits per heavy atom. The zero-order valence-electron chi connectivity index (χ0n) is 30.4. The molecular formula is C50H37N3S2. The SMILES string of the molecule is C[C@@]12NC(C3=CC=C(C4=NC(c5ccccc5)=NC(c5cccc(-c6cccc7c6sc6ccccc67)c5)C4)CC3)=c3ccccc3=C1Sc1ccccc12. The number of thioether (sulfide) groups is 1. The van der Waals surface area contributed by atoms with Gasteiger partial charge in [0.2, 0.25) is 0 Å². The van der Waals surface area contributed by atoms with E-state index in [4.69, 9.17) is 9.98 Å². The van der Waals surface area contributed by atoms with Gasteiger partial charge in [0.05, 0.1) is 11.6 Å². The van der Waals surface area contributed by atoms with Crippen LogP contribution in [0.25, 0.3) is 41.9 Å². The molecule has 0 bridgehead atoms. The third-order valence-corrected chi connectivity index (χ3v) is 14.3. The summed E-state index contributed by atoms with van der Waals surface area (Å²) in [5, 5.41) is 9.35. The summed E-state index contributed by atoms with van der Waals surface area (Å²) in [6.45, 7) is 2.35. The van der Waals surface area contributed by atoms with Gasteiger partial charge in [-0.05, 0) is 76.6 Å². The van der Waals surface area contributed by atoms with E-state index in [0.717, 1.165) is 36.4 Å². The number of aliphatic imine (C=N–C) groups is 2. The molecule has 264 valence electrons.